The van der Waals surface area contributed by atoms with E-state index in [9.17, 15) is 0 Å². The molecule has 0 fully saturated rings. The maximum atomic E-state index is 8.83. The van der Waals surface area contributed by atoms with Crippen LogP contribution in [-0.2, 0) is 0 Å². The van der Waals surface area contributed by atoms with Crippen molar-refractivity contribution in [1.82, 2.24) is 9.55 Å². The Morgan fingerprint density at radius 2 is 2.17 bits per heavy atom. The smallest absolute Gasteiger partial charge is 0.162 e. The van der Waals surface area contributed by atoms with Crippen LogP contribution in [0.1, 0.15) is 19.4 Å². The second-order valence-electron chi connectivity index (χ2n) is 3.97. The number of rotatable bonds is 4. The van der Waals surface area contributed by atoms with Gasteiger partial charge in [0.25, 0.3) is 0 Å². The number of nitrogens with two attached hydrogens (primary N) is 1. The number of hydrogen-bond acceptors (Lipinski definition) is 3. The lowest BCUT2D eigenvalue weighted by atomic mass is 10.1. The highest BCUT2D eigenvalue weighted by atomic mass is 16.4. The van der Waals surface area contributed by atoms with E-state index in [1.807, 2.05) is 48.0 Å². The lowest BCUT2D eigenvalue weighted by Crippen LogP contribution is -2.26. The molecule has 18 heavy (non-hydrogen) atoms. The monoisotopic (exact) mass is 244 g/mol. The van der Waals surface area contributed by atoms with E-state index in [1.165, 1.54) is 0 Å². The minimum Gasteiger partial charge on any atom is -0.409 e. The number of oxime groups is 1. The molecule has 1 unspecified atom stereocenters. The van der Waals surface area contributed by atoms with Crippen LogP contribution in [0.2, 0.25) is 0 Å². The Balaban J connectivity index is 2.45. The fourth-order valence-electron chi connectivity index (χ4n) is 1.99. The topological polar surface area (TPSA) is 76.4 Å². The van der Waals surface area contributed by atoms with Crippen molar-refractivity contribution < 1.29 is 5.21 Å². The largest absolute Gasteiger partial charge is 0.409 e. The summed E-state index contributed by atoms with van der Waals surface area (Å²) in [5.41, 5.74) is 6.72. The second kappa shape index (κ2) is 5.35. The molecule has 0 saturated carbocycles. The fourth-order valence-corrected chi connectivity index (χ4v) is 1.99. The molecule has 0 spiro atoms. The van der Waals surface area contributed by atoms with Gasteiger partial charge in [-0.3, -0.25) is 0 Å². The van der Waals surface area contributed by atoms with Crippen molar-refractivity contribution in [2.45, 2.75) is 19.4 Å². The first-order chi connectivity index (χ1) is 8.77. The summed E-state index contributed by atoms with van der Waals surface area (Å²) in [5.74, 6) is 1.00. The number of benzene rings is 1. The van der Waals surface area contributed by atoms with Gasteiger partial charge in [0.05, 0.1) is 6.04 Å². The number of aromatic nitrogens is 2. The lowest BCUT2D eigenvalue weighted by Gasteiger charge is -2.17. The predicted octanol–water partition coefficient (Wildman–Crippen LogP) is 2.25. The van der Waals surface area contributed by atoms with Gasteiger partial charge in [0, 0.05) is 18.0 Å². The molecule has 0 amide bonds. The standard InChI is InChI=1S/C13H16N4O/c1-2-11(12(14)16-18)17-9-8-15-13(17)10-6-4-3-5-7-10/h3-9,11,18H,2H2,1H3,(H2,14,16). The van der Waals surface area contributed by atoms with Gasteiger partial charge in [-0.1, -0.05) is 42.4 Å². The van der Waals surface area contributed by atoms with Crippen LogP contribution in [0.5, 0.6) is 0 Å². The van der Waals surface area contributed by atoms with Gasteiger partial charge in [0.15, 0.2) is 5.84 Å². The number of hydrogen-bond donors (Lipinski definition) is 2. The first-order valence-corrected chi connectivity index (χ1v) is 5.83. The van der Waals surface area contributed by atoms with Crippen molar-refractivity contribution in [3.8, 4) is 11.4 Å². The van der Waals surface area contributed by atoms with Gasteiger partial charge in [-0.2, -0.15) is 0 Å². The van der Waals surface area contributed by atoms with Gasteiger partial charge in [-0.15, -0.1) is 0 Å². The molecule has 5 nitrogen and oxygen atoms in total. The Morgan fingerprint density at radius 3 is 2.78 bits per heavy atom. The molecule has 1 aromatic heterocycles. The highest BCUT2D eigenvalue weighted by Gasteiger charge is 2.17. The molecule has 94 valence electrons. The summed E-state index contributed by atoms with van der Waals surface area (Å²) in [7, 11) is 0. The van der Waals surface area contributed by atoms with Gasteiger partial charge in [0.1, 0.15) is 5.82 Å². The molecular formula is C13H16N4O. The van der Waals surface area contributed by atoms with Crippen LogP contribution in [0.3, 0.4) is 0 Å². The Morgan fingerprint density at radius 1 is 1.44 bits per heavy atom. The molecule has 3 N–H and O–H groups in total. The first-order valence-electron chi connectivity index (χ1n) is 5.83. The van der Waals surface area contributed by atoms with Crippen molar-refractivity contribution >= 4 is 5.84 Å². The Labute approximate surface area is 106 Å². The molecule has 0 aliphatic heterocycles. The maximum absolute atomic E-state index is 8.83. The van der Waals surface area contributed by atoms with Crippen LogP contribution in [-0.4, -0.2) is 20.6 Å². The van der Waals surface area contributed by atoms with Crippen molar-refractivity contribution in [2.24, 2.45) is 10.9 Å². The van der Waals surface area contributed by atoms with E-state index < -0.39 is 0 Å². The summed E-state index contributed by atoms with van der Waals surface area (Å²) in [6.07, 6.45) is 4.29. The fraction of sp³-hybridized carbons (Fsp3) is 0.231. The highest BCUT2D eigenvalue weighted by Crippen LogP contribution is 2.22. The van der Waals surface area contributed by atoms with Crippen LogP contribution in [0, 0.1) is 0 Å². The summed E-state index contributed by atoms with van der Waals surface area (Å²) in [4.78, 5) is 4.34. The zero-order valence-corrected chi connectivity index (χ0v) is 10.2. The van der Waals surface area contributed by atoms with Gasteiger partial charge < -0.3 is 15.5 Å². The van der Waals surface area contributed by atoms with E-state index in [4.69, 9.17) is 10.9 Å². The van der Waals surface area contributed by atoms with Gasteiger partial charge in [-0.05, 0) is 6.42 Å². The summed E-state index contributed by atoms with van der Waals surface area (Å²) in [5, 5.41) is 11.9. The third-order valence-corrected chi connectivity index (χ3v) is 2.88. The zero-order chi connectivity index (χ0) is 13.0. The summed E-state index contributed by atoms with van der Waals surface area (Å²) in [6.45, 7) is 1.98. The van der Waals surface area contributed by atoms with Crippen molar-refractivity contribution in [2.75, 3.05) is 0 Å². The van der Waals surface area contributed by atoms with E-state index in [0.29, 0.717) is 0 Å². The summed E-state index contributed by atoms with van der Waals surface area (Å²) >= 11 is 0. The molecule has 0 bridgehead atoms. The highest BCUT2D eigenvalue weighted by molar-refractivity contribution is 5.84. The molecule has 0 saturated heterocycles. The third-order valence-electron chi connectivity index (χ3n) is 2.88. The predicted molar refractivity (Wildman–Crippen MR) is 70.4 cm³/mol. The van der Waals surface area contributed by atoms with E-state index in [0.717, 1.165) is 17.8 Å². The molecule has 0 radical (unpaired) electrons. The average molecular weight is 244 g/mol. The zero-order valence-electron chi connectivity index (χ0n) is 10.2. The number of amidine groups is 1. The molecule has 0 aliphatic rings. The van der Waals surface area contributed by atoms with Crippen LogP contribution in [0.25, 0.3) is 11.4 Å². The molecule has 1 aromatic carbocycles. The van der Waals surface area contributed by atoms with Gasteiger partial charge in [0.2, 0.25) is 0 Å². The van der Waals surface area contributed by atoms with E-state index >= 15 is 0 Å². The van der Waals surface area contributed by atoms with Gasteiger partial charge >= 0.3 is 0 Å². The van der Waals surface area contributed by atoms with Crippen LogP contribution < -0.4 is 5.73 Å². The molecule has 2 rings (SSSR count). The molecule has 1 heterocycles. The maximum Gasteiger partial charge on any atom is 0.162 e. The molecule has 5 heteroatoms. The van der Waals surface area contributed by atoms with Gasteiger partial charge in [-0.25, -0.2) is 4.98 Å². The Hall–Kier alpha value is -2.30. The molecule has 2 aromatic rings. The Bertz CT molecular complexity index is 533. The first kappa shape index (κ1) is 12.2. The minimum atomic E-state index is -0.187. The van der Waals surface area contributed by atoms with E-state index in [1.54, 1.807) is 6.20 Å². The third kappa shape index (κ3) is 2.20. The van der Waals surface area contributed by atoms with Crippen molar-refractivity contribution in [3.05, 3.63) is 42.7 Å². The van der Waals surface area contributed by atoms with Crippen LogP contribution >= 0.6 is 0 Å². The van der Waals surface area contributed by atoms with Crippen LogP contribution in [0.15, 0.2) is 47.9 Å². The van der Waals surface area contributed by atoms with E-state index in [-0.39, 0.29) is 11.9 Å². The Kier molecular flexibility index (Phi) is 3.62. The average Bonchev–Trinajstić information content (AvgIpc) is 2.89. The van der Waals surface area contributed by atoms with E-state index in [2.05, 4.69) is 10.1 Å². The van der Waals surface area contributed by atoms with Crippen molar-refractivity contribution in [1.29, 1.82) is 0 Å². The quantitative estimate of drug-likeness (QED) is 0.375. The summed E-state index contributed by atoms with van der Waals surface area (Å²) in [6, 6.07) is 9.65. The number of nitrogens with zero attached hydrogens (tertiary/aromatic N) is 3. The second-order valence-corrected chi connectivity index (χ2v) is 3.97. The molecule has 1 atom stereocenters. The normalized spacial score (nSPS) is 13.5. The molecule has 0 aliphatic carbocycles. The van der Waals surface area contributed by atoms with Crippen molar-refractivity contribution in [3.63, 3.8) is 0 Å². The summed E-state index contributed by atoms with van der Waals surface area (Å²) < 4.78 is 1.92. The lowest BCUT2D eigenvalue weighted by molar-refractivity contribution is 0.313. The van der Waals surface area contributed by atoms with Crippen LogP contribution in [0.4, 0.5) is 0 Å². The SMILES string of the molecule is CCC(C(N)=NO)n1ccnc1-c1ccccc1. The molecular weight excluding hydrogens is 228 g/mol. The number of imidazole rings is 1. The minimum absolute atomic E-state index is 0.187.